The molecule has 0 aromatic heterocycles. The third-order valence-corrected chi connectivity index (χ3v) is 2.87. The lowest BCUT2D eigenvalue weighted by Gasteiger charge is -2.26. The highest BCUT2D eigenvalue weighted by Crippen LogP contribution is 2.37. The van der Waals surface area contributed by atoms with E-state index < -0.39 is 23.2 Å². The van der Waals surface area contributed by atoms with Crippen molar-refractivity contribution in [2.75, 3.05) is 0 Å². The third-order valence-electron chi connectivity index (χ3n) is 2.87. The number of rotatable bonds is 3. The first-order chi connectivity index (χ1) is 7.46. The summed E-state index contributed by atoms with van der Waals surface area (Å²) in [7, 11) is 0. The lowest BCUT2D eigenvalue weighted by Crippen LogP contribution is -2.24. The molecule has 16 heavy (non-hydrogen) atoms. The number of hydrogen-bond donors (Lipinski definition) is 1. The predicted molar refractivity (Wildman–Crippen MR) is 55.3 cm³/mol. The molecule has 0 aliphatic heterocycles. The van der Waals surface area contributed by atoms with E-state index in [1.54, 1.807) is 6.92 Å². The van der Waals surface area contributed by atoms with Gasteiger partial charge in [-0.25, -0.2) is 8.78 Å². The molecule has 0 saturated carbocycles. The van der Waals surface area contributed by atoms with Crippen LogP contribution in [0.3, 0.4) is 0 Å². The molecule has 2 nitrogen and oxygen atoms in total. The lowest BCUT2D eigenvalue weighted by atomic mass is 9.80. The number of aliphatic hydroxyl groups excluding tert-OH is 1. The molecule has 1 aromatic rings. The van der Waals surface area contributed by atoms with Crippen molar-refractivity contribution in [3.8, 4) is 6.07 Å². The molecule has 2 unspecified atom stereocenters. The molecule has 0 heterocycles. The summed E-state index contributed by atoms with van der Waals surface area (Å²) in [6.45, 7) is 3.23. The van der Waals surface area contributed by atoms with E-state index >= 15 is 0 Å². The molecular formula is C12H13F2NO. The molecule has 0 aliphatic rings. The number of hydrogen-bond acceptors (Lipinski definition) is 2. The Morgan fingerprint density at radius 3 is 2.62 bits per heavy atom. The molecule has 0 aliphatic carbocycles. The van der Waals surface area contributed by atoms with Crippen LogP contribution < -0.4 is 0 Å². The van der Waals surface area contributed by atoms with Crippen molar-refractivity contribution in [2.24, 2.45) is 5.41 Å². The van der Waals surface area contributed by atoms with E-state index in [9.17, 15) is 13.9 Å². The minimum absolute atomic E-state index is 0.175. The van der Waals surface area contributed by atoms with E-state index in [1.165, 1.54) is 19.1 Å². The summed E-state index contributed by atoms with van der Waals surface area (Å²) < 4.78 is 26.4. The van der Waals surface area contributed by atoms with Gasteiger partial charge in [0.2, 0.25) is 0 Å². The molecule has 1 aromatic carbocycles. The van der Waals surface area contributed by atoms with Crippen molar-refractivity contribution in [3.05, 3.63) is 35.4 Å². The van der Waals surface area contributed by atoms with Gasteiger partial charge in [0, 0.05) is 5.56 Å². The number of benzene rings is 1. The summed E-state index contributed by atoms with van der Waals surface area (Å²) in [4.78, 5) is 0. The van der Waals surface area contributed by atoms with E-state index in [1.807, 2.05) is 6.07 Å². The molecule has 0 spiro atoms. The van der Waals surface area contributed by atoms with Crippen molar-refractivity contribution in [2.45, 2.75) is 26.4 Å². The fourth-order valence-electron chi connectivity index (χ4n) is 1.41. The molecule has 0 radical (unpaired) electrons. The maximum absolute atomic E-state index is 13.4. The highest BCUT2D eigenvalue weighted by molar-refractivity contribution is 5.25. The summed E-state index contributed by atoms with van der Waals surface area (Å²) in [5.41, 5.74) is -1.29. The van der Waals surface area contributed by atoms with Gasteiger partial charge in [-0.3, -0.25) is 0 Å². The first-order valence-corrected chi connectivity index (χ1v) is 4.99. The molecule has 0 saturated heterocycles. The van der Waals surface area contributed by atoms with Crippen LogP contribution in [0.25, 0.3) is 0 Å². The van der Waals surface area contributed by atoms with E-state index in [-0.39, 0.29) is 5.56 Å². The molecule has 86 valence electrons. The third kappa shape index (κ3) is 2.05. The van der Waals surface area contributed by atoms with Crippen LogP contribution in [0.5, 0.6) is 0 Å². The SMILES string of the molecule is CCC(C)(C#N)C(O)c1cccc(F)c1F. The van der Waals surface area contributed by atoms with Crippen LogP contribution in [0.4, 0.5) is 8.78 Å². The molecule has 0 amide bonds. The minimum Gasteiger partial charge on any atom is -0.387 e. The highest BCUT2D eigenvalue weighted by atomic mass is 19.2. The van der Waals surface area contributed by atoms with Gasteiger partial charge >= 0.3 is 0 Å². The fraction of sp³-hybridized carbons (Fsp3) is 0.417. The first-order valence-electron chi connectivity index (χ1n) is 4.99. The lowest BCUT2D eigenvalue weighted by molar-refractivity contribution is 0.0683. The monoisotopic (exact) mass is 225 g/mol. The van der Waals surface area contributed by atoms with E-state index in [4.69, 9.17) is 5.26 Å². The fourth-order valence-corrected chi connectivity index (χ4v) is 1.41. The molecule has 4 heteroatoms. The van der Waals surface area contributed by atoms with Gasteiger partial charge in [-0.15, -0.1) is 0 Å². The number of nitriles is 1. The Morgan fingerprint density at radius 2 is 2.12 bits per heavy atom. The minimum atomic E-state index is -1.34. The number of nitrogens with zero attached hydrogens (tertiary/aromatic N) is 1. The van der Waals surface area contributed by atoms with Crippen molar-refractivity contribution in [3.63, 3.8) is 0 Å². The molecule has 1 N–H and O–H groups in total. The Bertz CT molecular complexity index is 428. The van der Waals surface area contributed by atoms with E-state index in [2.05, 4.69) is 0 Å². The highest BCUT2D eigenvalue weighted by Gasteiger charge is 2.34. The van der Waals surface area contributed by atoms with Gasteiger partial charge in [0.15, 0.2) is 11.6 Å². The van der Waals surface area contributed by atoms with Crippen LogP contribution in [0.15, 0.2) is 18.2 Å². The van der Waals surface area contributed by atoms with E-state index in [0.29, 0.717) is 6.42 Å². The number of halogens is 2. The van der Waals surface area contributed by atoms with Crippen LogP contribution in [0, 0.1) is 28.4 Å². The Hall–Kier alpha value is -1.47. The Labute approximate surface area is 93.1 Å². The topological polar surface area (TPSA) is 44.0 Å². The second-order valence-electron chi connectivity index (χ2n) is 3.93. The van der Waals surface area contributed by atoms with Crippen molar-refractivity contribution in [1.29, 1.82) is 5.26 Å². The van der Waals surface area contributed by atoms with Gasteiger partial charge < -0.3 is 5.11 Å². The van der Waals surface area contributed by atoms with Crippen molar-refractivity contribution < 1.29 is 13.9 Å². The predicted octanol–water partition coefficient (Wildman–Crippen LogP) is 2.94. The second-order valence-corrected chi connectivity index (χ2v) is 3.93. The Morgan fingerprint density at radius 1 is 1.50 bits per heavy atom. The molecule has 1 rings (SSSR count). The van der Waals surface area contributed by atoms with Crippen LogP contribution >= 0.6 is 0 Å². The summed E-state index contributed by atoms with van der Waals surface area (Å²) in [6, 6.07) is 5.50. The summed E-state index contributed by atoms with van der Waals surface area (Å²) >= 11 is 0. The van der Waals surface area contributed by atoms with Gasteiger partial charge in [-0.05, 0) is 19.4 Å². The Balaban J connectivity index is 3.20. The van der Waals surface area contributed by atoms with Crippen molar-refractivity contribution in [1.82, 2.24) is 0 Å². The zero-order chi connectivity index (χ0) is 12.3. The quantitative estimate of drug-likeness (QED) is 0.859. The van der Waals surface area contributed by atoms with Crippen molar-refractivity contribution >= 4 is 0 Å². The van der Waals surface area contributed by atoms with Gasteiger partial charge in [0.05, 0.1) is 11.5 Å². The average molecular weight is 225 g/mol. The van der Waals surface area contributed by atoms with Gasteiger partial charge in [0.1, 0.15) is 6.10 Å². The van der Waals surface area contributed by atoms with Crippen LogP contribution in [-0.4, -0.2) is 5.11 Å². The standard InChI is InChI=1S/C12H13F2NO/c1-3-12(2,7-15)11(16)8-5-4-6-9(13)10(8)14/h4-6,11,16H,3H2,1-2H3. The summed E-state index contributed by atoms with van der Waals surface area (Å²) in [5, 5.41) is 18.9. The molecule has 2 atom stereocenters. The second kappa shape index (κ2) is 4.58. The zero-order valence-corrected chi connectivity index (χ0v) is 9.17. The van der Waals surface area contributed by atoms with Crippen LogP contribution in [0.1, 0.15) is 31.9 Å². The maximum Gasteiger partial charge on any atom is 0.164 e. The summed E-state index contributed by atoms with van der Waals surface area (Å²) in [6.07, 6.45) is -0.987. The average Bonchev–Trinajstić information content (AvgIpc) is 2.31. The zero-order valence-electron chi connectivity index (χ0n) is 9.17. The van der Waals surface area contributed by atoms with Crippen LogP contribution in [0.2, 0.25) is 0 Å². The Kier molecular flexibility index (Phi) is 3.61. The van der Waals surface area contributed by atoms with Gasteiger partial charge in [0.25, 0.3) is 0 Å². The molecular weight excluding hydrogens is 212 g/mol. The smallest absolute Gasteiger partial charge is 0.164 e. The van der Waals surface area contributed by atoms with Gasteiger partial charge in [-0.2, -0.15) is 5.26 Å². The maximum atomic E-state index is 13.4. The molecule has 0 bridgehead atoms. The number of aliphatic hydroxyl groups is 1. The van der Waals surface area contributed by atoms with Crippen LogP contribution in [-0.2, 0) is 0 Å². The first kappa shape index (κ1) is 12.6. The largest absolute Gasteiger partial charge is 0.387 e. The molecule has 0 fully saturated rings. The van der Waals surface area contributed by atoms with Gasteiger partial charge in [-0.1, -0.05) is 19.1 Å². The summed E-state index contributed by atoms with van der Waals surface area (Å²) in [5.74, 6) is -2.11. The van der Waals surface area contributed by atoms with E-state index in [0.717, 1.165) is 6.07 Å². The normalized spacial score (nSPS) is 16.2.